The first kappa shape index (κ1) is 16.9. The minimum Gasteiger partial charge on any atom is -0.478 e. The number of carbonyl (C=O) groups excluding carboxylic acids is 1. The van der Waals surface area contributed by atoms with Gasteiger partial charge in [-0.15, -0.1) is 0 Å². The first-order valence-electron chi connectivity index (χ1n) is 7.89. The Balaban J connectivity index is 1.86. The lowest BCUT2D eigenvalue weighted by Gasteiger charge is -2.18. The van der Waals surface area contributed by atoms with E-state index in [2.05, 4.69) is 5.32 Å². The van der Waals surface area contributed by atoms with Gasteiger partial charge in [0.15, 0.2) is 0 Å². The highest BCUT2D eigenvalue weighted by Crippen LogP contribution is 2.42. The van der Waals surface area contributed by atoms with Crippen LogP contribution in [-0.2, 0) is 14.8 Å². The third-order valence-electron chi connectivity index (χ3n) is 4.67. The molecule has 2 fully saturated rings. The van der Waals surface area contributed by atoms with Crippen LogP contribution in [0.15, 0.2) is 29.2 Å². The summed E-state index contributed by atoms with van der Waals surface area (Å²) in [5.74, 6) is -0.767. The van der Waals surface area contributed by atoms with E-state index >= 15 is 0 Å². The molecule has 2 aliphatic rings. The molecule has 8 heteroatoms. The molecule has 0 aromatic heterocycles. The lowest BCUT2D eigenvalue weighted by molar-refractivity contribution is -0.119. The quantitative estimate of drug-likeness (QED) is 0.820. The molecule has 1 aliphatic heterocycles. The number of carbonyl (C=O) groups is 2. The Bertz CT molecular complexity index is 772. The maximum absolute atomic E-state index is 12.8. The van der Waals surface area contributed by atoms with Gasteiger partial charge in [-0.2, -0.15) is 4.31 Å². The number of aromatic carboxylic acids is 1. The van der Waals surface area contributed by atoms with Crippen molar-refractivity contribution >= 4 is 21.9 Å². The first-order chi connectivity index (χ1) is 11.3. The molecule has 0 spiro atoms. The Labute approximate surface area is 140 Å². The van der Waals surface area contributed by atoms with Crippen molar-refractivity contribution in [3.63, 3.8) is 0 Å². The van der Waals surface area contributed by atoms with Crippen molar-refractivity contribution in [1.29, 1.82) is 0 Å². The Kier molecular flexibility index (Phi) is 4.35. The molecule has 1 amide bonds. The van der Waals surface area contributed by atoms with E-state index in [-0.39, 0.29) is 34.9 Å². The molecule has 0 radical (unpaired) electrons. The number of nitrogens with one attached hydrogen (secondary N) is 1. The molecule has 1 saturated carbocycles. The SMILES string of the molecule is CC(=O)N[C@@H]1CN(S(=O)(=O)c2cccc(C(=O)O)c2)C[C@H]1C1CC1. The highest BCUT2D eigenvalue weighted by molar-refractivity contribution is 7.89. The van der Waals surface area contributed by atoms with Gasteiger partial charge < -0.3 is 10.4 Å². The lowest BCUT2D eigenvalue weighted by atomic mass is 9.98. The summed E-state index contributed by atoms with van der Waals surface area (Å²) in [7, 11) is -3.78. The number of sulfonamides is 1. The second kappa shape index (κ2) is 6.18. The van der Waals surface area contributed by atoms with Crippen molar-refractivity contribution in [2.45, 2.75) is 30.7 Å². The number of amides is 1. The van der Waals surface area contributed by atoms with E-state index in [0.29, 0.717) is 12.5 Å². The smallest absolute Gasteiger partial charge is 0.335 e. The number of carboxylic acids is 1. The molecule has 2 N–H and O–H groups in total. The molecule has 1 aliphatic carbocycles. The fourth-order valence-electron chi connectivity index (χ4n) is 3.34. The summed E-state index contributed by atoms with van der Waals surface area (Å²) in [5.41, 5.74) is -0.0626. The molecule has 2 atom stereocenters. The third-order valence-corrected chi connectivity index (χ3v) is 6.49. The predicted octanol–water partition coefficient (Wildman–Crippen LogP) is 0.920. The lowest BCUT2D eigenvalue weighted by Crippen LogP contribution is -2.40. The van der Waals surface area contributed by atoms with Crippen LogP contribution >= 0.6 is 0 Å². The van der Waals surface area contributed by atoms with Crippen molar-refractivity contribution in [1.82, 2.24) is 9.62 Å². The Hall–Kier alpha value is -1.93. The monoisotopic (exact) mass is 352 g/mol. The van der Waals surface area contributed by atoms with Gasteiger partial charge >= 0.3 is 5.97 Å². The van der Waals surface area contributed by atoms with Crippen LogP contribution in [0.3, 0.4) is 0 Å². The summed E-state index contributed by atoms with van der Waals surface area (Å²) in [6.07, 6.45) is 2.12. The molecule has 0 bridgehead atoms. The van der Waals surface area contributed by atoms with Crippen LogP contribution < -0.4 is 5.32 Å². The summed E-state index contributed by atoms with van der Waals surface area (Å²) in [4.78, 5) is 22.4. The van der Waals surface area contributed by atoms with Gasteiger partial charge in [0, 0.05) is 26.1 Å². The topological polar surface area (TPSA) is 104 Å². The number of rotatable bonds is 5. The van der Waals surface area contributed by atoms with E-state index in [0.717, 1.165) is 12.8 Å². The summed E-state index contributed by atoms with van der Waals surface area (Å²) < 4.78 is 27.1. The molecule has 7 nitrogen and oxygen atoms in total. The molecule has 24 heavy (non-hydrogen) atoms. The largest absolute Gasteiger partial charge is 0.478 e. The molecular formula is C16H20N2O5S. The van der Waals surface area contributed by atoms with E-state index in [1.165, 1.54) is 35.5 Å². The Morgan fingerprint density at radius 2 is 1.96 bits per heavy atom. The van der Waals surface area contributed by atoms with Gasteiger partial charge in [0.2, 0.25) is 15.9 Å². The second-order valence-electron chi connectivity index (χ2n) is 6.46. The number of hydrogen-bond donors (Lipinski definition) is 2. The highest BCUT2D eigenvalue weighted by Gasteiger charge is 2.46. The number of nitrogens with zero attached hydrogens (tertiary/aromatic N) is 1. The average Bonchev–Trinajstić information content (AvgIpc) is 3.28. The molecule has 3 rings (SSSR count). The molecule has 1 heterocycles. The summed E-state index contributed by atoms with van der Waals surface area (Å²) >= 11 is 0. The third kappa shape index (κ3) is 3.29. The van der Waals surface area contributed by atoms with Crippen molar-refractivity contribution in [2.75, 3.05) is 13.1 Å². The summed E-state index contributed by atoms with van der Waals surface area (Å²) in [6, 6.07) is 5.18. The van der Waals surface area contributed by atoms with Gasteiger partial charge in [-0.1, -0.05) is 6.07 Å². The van der Waals surface area contributed by atoms with Crippen molar-refractivity contribution in [2.24, 2.45) is 11.8 Å². The maximum atomic E-state index is 12.8. The average molecular weight is 352 g/mol. The van der Waals surface area contributed by atoms with Crippen LogP contribution in [0.25, 0.3) is 0 Å². The summed E-state index contributed by atoms with van der Waals surface area (Å²) in [5, 5.41) is 11.9. The Morgan fingerprint density at radius 3 is 2.54 bits per heavy atom. The van der Waals surface area contributed by atoms with Gasteiger partial charge in [0.1, 0.15) is 0 Å². The molecular weight excluding hydrogens is 332 g/mol. The van der Waals surface area contributed by atoms with E-state index in [4.69, 9.17) is 5.11 Å². The second-order valence-corrected chi connectivity index (χ2v) is 8.40. The van der Waals surface area contributed by atoms with Crippen LogP contribution in [0, 0.1) is 11.8 Å². The number of carboxylic acid groups (broad SMARTS) is 1. The fourth-order valence-corrected chi connectivity index (χ4v) is 4.89. The van der Waals surface area contributed by atoms with E-state index in [9.17, 15) is 18.0 Å². The molecule has 0 unspecified atom stereocenters. The normalized spacial score (nSPS) is 24.7. The minimum atomic E-state index is -3.78. The van der Waals surface area contributed by atoms with Crippen LogP contribution in [-0.4, -0.2) is 48.8 Å². The van der Waals surface area contributed by atoms with Gasteiger partial charge in [-0.25, -0.2) is 13.2 Å². The van der Waals surface area contributed by atoms with Crippen LogP contribution in [0.1, 0.15) is 30.1 Å². The van der Waals surface area contributed by atoms with E-state index in [1.807, 2.05) is 0 Å². The van der Waals surface area contributed by atoms with Gasteiger partial charge in [-0.3, -0.25) is 4.79 Å². The zero-order valence-electron chi connectivity index (χ0n) is 13.3. The predicted molar refractivity (Wildman–Crippen MR) is 86.0 cm³/mol. The summed E-state index contributed by atoms with van der Waals surface area (Å²) in [6.45, 7) is 2.01. The molecule has 1 aromatic rings. The molecule has 130 valence electrons. The molecule has 1 aromatic carbocycles. The van der Waals surface area contributed by atoms with E-state index < -0.39 is 16.0 Å². The van der Waals surface area contributed by atoms with Crippen LogP contribution in [0.4, 0.5) is 0 Å². The zero-order chi connectivity index (χ0) is 17.5. The fraction of sp³-hybridized carbons (Fsp3) is 0.500. The number of hydrogen-bond acceptors (Lipinski definition) is 4. The number of benzene rings is 1. The first-order valence-corrected chi connectivity index (χ1v) is 9.33. The highest BCUT2D eigenvalue weighted by atomic mass is 32.2. The van der Waals surface area contributed by atoms with Crippen molar-refractivity contribution < 1.29 is 23.1 Å². The van der Waals surface area contributed by atoms with Gasteiger partial charge in [0.25, 0.3) is 0 Å². The van der Waals surface area contributed by atoms with Crippen molar-refractivity contribution in [3.8, 4) is 0 Å². The molecule has 1 saturated heterocycles. The Morgan fingerprint density at radius 1 is 1.25 bits per heavy atom. The van der Waals surface area contributed by atoms with E-state index in [1.54, 1.807) is 0 Å². The zero-order valence-corrected chi connectivity index (χ0v) is 14.1. The van der Waals surface area contributed by atoms with Crippen molar-refractivity contribution in [3.05, 3.63) is 29.8 Å². The maximum Gasteiger partial charge on any atom is 0.335 e. The van der Waals surface area contributed by atoms with Gasteiger partial charge in [0.05, 0.1) is 10.5 Å². The van der Waals surface area contributed by atoms with Crippen LogP contribution in [0.5, 0.6) is 0 Å². The minimum absolute atomic E-state index is 0.0274. The van der Waals surface area contributed by atoms with Gasteiger partial charge in [-0.05, 0) is 42.9 Å². The standard InChI is InChI=1S/C16H20N2O5S/c1-10(19)17-15-9-18(8-14(15)11-5-6-11)24(22,23)13-4-2-3-12(7-13)16(20)21/h2-4,7,11,14-15H,5-6,8-9H2,1H3,(H,17,19)(H,20,21)/t14-,15+/m0/s1. The van der Waals surface area contributed by atoms with Crippen LogP contribution in [0.2, 0.25) is 0 Å².